The molecule has 5 heteroatoms. The maximum atomic E-state index is 14.1. The Morgan fingerprint density at radius 1 is 1.19 bits per heavy atom. The van der Waals surface area contributed by atoms with Crippen molar-refractivity contribution in [2.45, 2.75) is 0 Å². The predicted octanol–water partition coefficient (Wildman–Crippen LogP) is 3.68. The van der Waals surface area contributed by atoms with Crippen LogP contribution in [0.4, 0.5) is 4.39 Å². The lowest BCUT2D eigenvalue weighted by Crippen LogP contribution is -1.95. The fourth-order valence-corrected chi connectivity index (χ4v) is 2.33. The SMILES string of the molecule is COc1ccc(F)c(-c2cccc3cc(C(=O)O)[nH]c23)c1. The van der Waals surface area contributed by atoms with Gasteiger partial charge in [-0.1, -0.05) is 18.2 Å². The summed E-state index contributed by atoms with van der Waals surface area (Å²) in [4.78, 5) is 13.9. The van der Waals surface area contributed by atoms with Gasteiger partial charge in [0.2, 0.25) is 0 Å². The number of benzene rings is 2. The van der Waals surface area contributed by atoms with Crippen LogP contribution in [-0.4, -0.2) is 23.2 Å². The van der Waals surface area contributed by atoms with E-state index in [1.54, 1.807) is 24.3 Å². The second kappa shape index (κ2) is 4.94. The van der Waals surface area contributed by atoms with Gasteiger partial charge >= 0.3 is 5.97 Å². The third-order valence-electron chi connectivity index (χ3n) is 3.35. The maximum Gasteiger partial charge on any atom is 0.352 e. The number of aromatic nitrogens is 1. The van der Waals surface area contributed by atoms with E-state index in [0.29, 0.717) is 27.8 Å². The minimum atomic E-state index is -1.05. The number of carboxylic acids is 1. The van der Waals surface area contributed by atoms with Gasteiger partial charge in [0.05, 0.1) is 12.6 Å². The highest BCUT2D eigenvalue weighted by molar-refractivity contribution is 6.00. The normalized spacial score (nSPS) is 10.8. The minimum absolute atomic E-state index is 0.0701. The summed E-state index contributed by atoms with van der Waals surface area (Å²) in [6, 6.07) is 11.3. The molecule has 0 saturated carbocycles. The highest BCUT2D eigenvalue weighted by Gasteiger charge is 2.14. The molecule has 106 valence electrons. The number of carboxylic acid groups (broad SMARTS) is 1. The van der Waals surface area contributed by atoms with Crippen molar-refractivity contribution < 1.29 is 19.0 Å². The van der Waals surface area contributed by atoms with Crippen LogP contribution in [0.3, 0.4) is 0 Å². The van der Waals surface area contributed by atoms with Crippen molar-refractivity contribution in [1.82, 2.24) is 4.98 Å². The van der Waals surface area contributed by atoms with Gasteiger partial charge in [0, 0.05) is 16.5 Å². The van der Waals surface area contributed by atoms with Crippen molar-refractivity contribution in [2.75, 3.05) is 7.11 Å². The van der Waals surface area contributed by atoms with Gasteiger partial charge in [0.15, 0.2) is 0 Å². The Bertz CT molecular complexity index is 839. The number of fused-ring (bicyclic) bond motifs is 1. The Balaban J connectivity index is 2.27. The first-order valence-corrected chi connectivity index (χ1v) is 6.29. The van der Waals surface area contributed by atoms with E-state index in [-0.39, 0.29) is 5.69 Å². The molecular formula is C16H12FNO3. The number of halogens is 1. The number of aromatic amines is 1. The van der Waals surface area contributed by atoms with Crippen LogP contribution in [0.1, 0.15) is 10.5 Å². The number of H-pyrrole nitrogens is 1. The van der Waals surface area contributed by atoms with Crippen LogP contribution in [0.2, 0.25) is 0 Å². The molecule has 4 nitrogen and oxygen atoms in total. The Hall–Kier alpha value is -2.82. The van der Waals surface area contributed by atoms with Crippen LogP contribution in [0.25, 0.3) is 22.0 Å². The lowest BCUT2D eigenvalue weighted by molar-refractivity contribution is 0.0691. The van der Waals surface area contributed by atoms with Crippen molar-refractivity contribution >= 4 is 16.9 Å². The van der Waals surface area contributed by atoms with Crippen LogP contribution in [0.15, 0.2) is 42.5 Å². The molecule has 0 aliphatic heterocycles. The van der Waals surface area contributed by atoms with E-state index in [0.717, 1.165) is 0 Å². The summed E-state index contributed by atoms with van der Waals surface area (Å²) < 4.78 is 19.2. The summed E-state index contributed by atoms with van der Waals surface area (Å²) in [6.45, 7) is 0. The number of carbonyl (C=O) groups is 1. The summed E-state index contributed by atoms with van der Waals surface area (Å²) in [5, 5.41) is 9.77. The Kier molecular flexibility index (Phi) is 3.10. The Morgan fingerprint density at radius 2 is 2.00 bits per heavy atom. The molecule has 3 rings (SSSR count). The smallest absolute Gasteiger partial charge is 0.352 e. The van der Waals surface area contributed by atoms with E-state index < -0.39 is 11.8 Å². The number of hydrogen-bond donors (Lipinski definition) is 2. The molecular weight excluding hydrogens is 273 g/mol. The summed E-state index contributed by atoms with van der Waals surface area (Å²) in [6.07, 6.45) is 0. The van der Waals surface area contributed by atoms with Gasteiger partial charge in [0.25, 0.3) is 0 Å². The van der Waals surface area contributed by atoms with Gasteiger partial charge in [0.1, 0.15) is 17.3 Å². The number of rotatable bonds is 3. The monoisotopic (exact) mass is 285 g/mol. The van der Waals surface area contributed by atoms with Gasteiger partial charge in [-0.2, -0.15) is 0 Å². The van der Waals surface area contributed by atoms with E-state index in [4.69, 9.17) is 9.84 Å². The van der Waals surface area contributed by atoms with Crippen molar-refractivity contribution in [3.63, 3.8) is 0 Å². The van der Waals surface area contributed by atoms with Crippen LogP contribution < -0.4 is 4.74 Å². The summed E-state index contributed by atoms with van der Waals surface area (Å²) in [7, 11) is 1.51. The van der Waals surface area contributed by atoms with Crippen molar-refractivity contribution in [1.29, 1.82) is 0 Å². The molecule has 0 bridgehead atoms. The topological polar surface area (TPSA) is 62.3 Å². The van der Waals surface area contributed by atoms with Gasteiger partial charge in [-0.15, -0.1) is 0 Å². The molecule has 0 fully saturated rings. The molecule has 1 aromatic heterocycles. The first kappa shape index (κ1) is 13.2. The van der Waals surface area contributed by atoms with Crippen LogP contribution in [0, 0.1) is 5.82 Å². The average molecular weight is 285 g/mol. The fourth-order valence-electron chi connectivity index (χ4n) is 2.33. The number of para-hydroxylation sites is 1. The highest BCUT2D eigenvalue weighted by atomic mass is 19.1. The zero-order valence-corrected chi connectivity index (χ0v) is 11.2. The molecule has 0 aliphatic rings. The molecule has 0 amide bonds. The molecule has 1 heterocycles. The average Bonchev–Trinajstić information content (AvgIpc) is 2.92. The lowest BCUT2D eigenvalue weighted by atomic mass is 10.0. The quantitative estimate of drug-likeness (QED) is 0.771. The Labute approximate surface area is 119 Å². The van der Waals surface area contributed by atoms with Gasteiger partial charge in [-0.3, -0.25) is 0 Å². The summed E-state index contributed by atoms with van der Waals surface area (Å²) >= 11 is 0. The fraction of sp³-hybridized carbons (Fsp3) is 0.0625. The molecule has 0 unspecified atom stereocenters. The molecule has 0 radical (unpaired) electrons. The van der Waals surface area contributed by atoms with Crippen LogP contribution in [0.5, 0.6) is 5.75 Å². The number of nitrogens with one attached hydrogen (secondary N) is 1. The van der Waals surface area contributed by atoms with Gasteiger partial charge < -0.3 is 14.8 Å². The van der Waals surface area contributed by atoms with E-state index in [1.807, 2.05) is 0 Å². The maximum absolute atomic E-state index is 14.1. The van der Waals surface area contributed by atoms with Crippen molar-refractivity contribution in [3.05, 3.63) is 54.0 Å². The third-order valence-corrected chi connectivity index (χ3v) is 3.35. The number of aromatic carboxylic acids is 1. The molecule has 0 spiro atoms. The number of ether oxygens (including phenoxy) is 1. The standard InChI is InChI=1S/C16H12FNO3/c1-21-10-5-6-13(17)12(8-10)11-4-2-3-9-7-14(16(19)20)18-15(9)11/h2-8,18H,1H3,(H,19,20). The predicted molar refractivity (Wildman–Crippen MR) is 77.2 cm³/mol. The zero-order chi connectivity index (χ0) is 15.0. The molecule has 0 saturated heterocycles. The van der Waals surface area contributed by atoms with E-state index in [2.05, 4.69) is 4.98 Å². The third kappa shape index (κ3) is 2.23. The van der Waals surface area contributed by atoms with Gasteiger partial charge in [-0.05, 0) is 24.3 Å². The summed E-state index contributed by atoms with van der Waals surface area (Å²) in [5.41, 5.74) is 1.61. The van der Waals surface area contributed by atoms with Crippen molar-refractivity contribution in [3.8, 4) is 16.9 Å². The minimum Gasteiger partial charge on any atom is -0.497 e. The largest absolute Gasteiger partial charge is 0.497 e. The van der Waals surface area contributed by atoms with E-state index in [1.165, 1.54) is 25.3 Å². The molecule has 0 aliphatic carbocycles. The molecule has 21 heavy (non-hydrogen) atoms. The summed E-state index contributed by atoms with van der Waals surface area (Å²) in [5.74, 6) is -0.911. The first-order valence-electron chi connectivity index (χ1n) is 6.29. The first-order chi connectivity index (χ1) is 10.1. The molecule has 0 atom stereocenters. The van der Waals surface area contributed by atoms with Crippen LogP contribution in [-0.2, 0) is 0 Å². The zero-order valence-electron chi connectivity index (χ0n) is 11.2. The van der Waals surface area contributed by atoms with Gasteiger partial charge in [-0.25, -0.2) is 9.18 Å². The highest BCUT2D eigenvalue weighted by Crippen LogP contribution is 2.32. The molecule has 2 N–H and O–H groups in total. The van der Waals surface area contributed by atoms with E-state index in [9.17, 15) is 9.18 Å². The molecule has 3 aromatic rings. The van der Waals surface area contributed by atoms with E-state index >= 15 is 0 Å². The lowest BCUT2D eigenvalue weighted by Gasteiger charge is -2.07. The van der Waals surface area contributed by atoms with Crippen LogP contribution >= 0.6 is 0 Å². The van der Waals surface area contributed by atoms with Crippen molar-refractivity contribution in [2.24, 2.45) is 0 Å². The second-order valence-corrected chi connectivity index (χ2v) is 4.60. The Morgan fingerprint density at radius 3 is 2.71 bits per heavy atom. The number of hydrogen-bond acceptors (Lipinski definition) is 2. The number of methoxy groups -OCH3 is 1. The molecule has 2 aromatic carbocycles. The second-order valence-electron chi connectivity index (χ2n) is 4.60.